The second kappa shape index (κ2) is 9.12. The Morgan fingerprint density at radius 3 is 2.32 bits per heavy atom. The van der Waals surface area contributed by atoms with Crippen LogP contribution in [0, 0.1) is 0 Å². The number of carbonyl (C=O) groups excluding carboxylic acids is 2. The lowest BCUT2D eigenvalue weighted by molar-refractivity contribution is -0.132. The minimum atomic E-state index is -1.10. The molecule has 1 saturated heterocycles. The summed E-state index contributed by atoms with van der Waals surface area (Å²) in [5.74, 6) is -1.30. The zero-order chi connectivity index (χ0) is 19.9. The summed E-state index contributed by atoms with van der Waals surface area (Å²) in [4.78, 5) is 43.4. The highest BCUT2D eigenvalue weighted by atomic mass is 16.4. The van der Waals surface area contributed by atoms with E-state index >= 15 is 0 Å². The van der Waals surface area contributed by atoms with Gasteiger partial charge in [0.1, 0.15) is 5.69 Å². The number of amides is 2. The molecule has 0 saturated carbocycles. The van der Waals surface area contributed by atoms with Crippen LogP contribution in [-0.2, 0) is 11.2 Å². The van der Waals surface area contributed by atoms with Crippen molar-refractivity contribution in [3.8, 4) is 0 Å². The van der Waals surface area contributed by atoms with Crippen LogP contribution in [0.3, 0.4) is 0 Å². The van der Waals surface area contributed by atoms with Gasteiger partial charge in [0.05, 0.1) is 5.56 Å². The number of nitrogens with zero attached hydrogens (tertiary/aromatic N) is 3. The minimum absolute atomic E-state index is 0.0329. The van der Waals surface area contributed by atoms with Crippen molar-refractivity contribution in [3.05, 3.63) is 65.5 Å². The van der Waals surface area contributed by atoms with E-state index in [0.717, 1.165) is 12.8 Å². The van der Waals surface area contributed by atoms with Gasteiger partial charge in [-0.15, -0.1) is 0 Å². The molecule has 146 valence electrons. The highest BCUT2D eigenvalue weighted by Crippen LogP contribution is 2.12. The molecule has 2 aromatic rings. The van der Waals surface area contributed by atoms with Crippen molar-refractivity contribution in [2.24, 2.45) is 0 Å². The molecular formula is C21H23N3O4. The molecule has 1 fully saturated rings. The van der Waals surface area contributed by atoms with Crippen LogP contribution in [0.2, 0.25) is 0 Å². The third-order valence-electron chi connectivity index (χ3n) is 4.84. The van der Waals surface area contributed by atoms with Gasteiger partial charge in [0.15, 0.2) is 0 Å². The maximum atomic E-state index is 12.5. The number of hydrogen-bond acceptors (Lipinski definition) is 4. The van der Waals surface area contributed by atoms with Crippen LogP contribution in [0.15, 0.2) is 48.7 Å². The third kappa shape index (κ3) is 4.94. The van der Waals surface area contributed by atoms with Crippen molar-refractivity contribution >= 4 is 17.8 Å². The average Bonchev–Trinajstić information content (AvgIpc) is 2.74. The van der Waals surface area contributed by atoms with Crippen molar-refractivity contribution in [1.82, 2.24) is 14.8 Å². The van der Waals surface area contributed by atoms with Crippen LogP contribution in [-0.4, -0.2) is 63.9 Å². The number of aromatic carboxylic acids is 1. The summed E-state index contributed by atoms with van der Waals surface area (Å²) in [6, 6.07) is 12.7. The van der Waals surface area contributed by atoms with Crippen LogP contribution < -0.4 is 0 Å². The van der Waals surface area contributed by atoms with E-state index in [9.17, 15) is 14.4 Å². The summed E-state index contributed by atoms with van der Waals surface area (Å²) in [6.45, 7) is 1.80. The Hall–Kier alpha value is -3.22. The van der Waals surface area contributed by atoms with E-state index in [4.69, 9.17) is 5.11 Å². The normalized spacial score (nSPS) is 14.0. The summed E-state index contributed by atoms with van der Waals surface area (Å²) in [5.41, 5.74) is 1.37. The van der Waals surface area contributed by atoms with Crippen molar-refractivity contribution in [2.75, 3.05) is 26.2 Å². The lowest BCUT2D eigenvalue weighted by atomic mass is 10.1. The zero-order valence-electron chi connectivity index (χ0n) is 15.6. The van der Waals surface area contributed by atoms with Crippen LogP contribution in [0.25, 0.3) is 0 Å². The lowest BCUT2D eigenvalue weighted by Gasteiger charge is -2.34. The molecule has 2 heterocycles. The first-order chi connectivity index (χ1) is 13.5. The smallest absolute Gasteiger partial charge is 0.335 e. The topological polar surface area (TPSA) is 90.8 Å². The van der Waals surface area contributed by atoms with Crippen LogP contribution >= 0.6 is 0 Å². The van der Waals surface area contributed by atoms with Crippen LogP contribution in [0.5, 0.6) is 0 Å². The molecule has 7 heteroatoms. The Balaban J connectivity index is 1.47. The van der Waals surface area contributed by atoms with Gasteiger partial charge < -0.3 is 14.9 Å². The van der Waals surface area contributed by atoms with E-state index in [-0.39, 0.29) is 23.1 Å². The third-order valence-corrected chi connectivity index (χ3v) is 4.84. The fraction of sp³-hybridized carbons (Fsp3) is 0.333. The quantitative estimate of drug-likeness (QED) is 0.827. The van der Waals surface area contributed by atoms with E-state index in [1.807, 2.05) is 18.2 Å². The zero-order valence-corrected chi connectivity index (χ0v) is 15.6. The first-order valence-electron chi connectivity index (χ1n) is 9.35. The Labute approximate surface area is 163 Å². The van der Waals surface area contributed by atoms with Crippen LogP contribution in [0.4, 0.5) is 0 Å². The number of rotatable bonds is 6. The van der Waals surface area contributed by atoms with E-state index < -0.39 is 5.97 Å². The first-order valence-corrected chi connectivity index (χ1v) is 9.35. The summed E-state index contributed by atoms with van der Waals surface area (Å²) < 4.78 is 0. The summed E-state index contributed by atoms with van der Waals surface area (Å²) in [7, 11) is 0. The minimum Gasteiger partial charge on any atom is -0.478 e. The summed E-state index contributed by atoms with van der Waals surface area (Å²) >= 11 is 0. The van der Waals surface area contributed by atoms with Crippen molar-refractivity contribution in [3.63, 3.8) is 0 Å². The monoisotopic (exact) mass is 381 g/mol. The lowest BCUT2D eigenvalue weighted by Crippen LogP contribution is -2.50. The summed E-state index contributed by atoms with van der Waals surface area (Å²) in [6.07, 6.45) is 3.48. The SMILES string of the molecule is O=C(O)c1ccnc(C(=O)N2CCN(C(=O)CCCc3ccccc3)CC2)c1. The van der Waals surface area contributed by atoms with Crippen molar-refractivity contribution < 1.29 is 19.5 Å². The number of aromatic nitrogens is 1. The van der Waals surface area contributed by atoms with Gasteiger partial charge in [0.2, 0.25) is 5.91 Å². The molecule has 0 unspecified atom stereocenters. The molecule has 1 aromatic heterocycles. The Bertz CT molecular complexity index is 846. The highest BCUT2D eigenvalue weighted by molar-refractivity contribution is 5.96. The van der Waals surface area contributed by atoms with Gasteiger partial charge >= 0.3 is 5.97 Å². The first kappa shape index (κ1) is 19.5. The van der Waals surface area contributed by atoms with Gasteiger partial charge in [-0.05, 0) is 30.5 Å². The van der Waals surface area contributed by atoms with Gasteiger partial charge in [0, 0.05) is 38.8 Å². The van der Waals surface area contributed by atoms with Gasteiger partial charge in [-0.2, -0.15) is 0 Å². The molecule has 0 aliphatic carbocycles. The molecule has 3 rings (SSSR count). The fourth-order valence-corrected chi connectivity index (χ4v) is 3.25. The largest absolute Gasteiger partial charge is 0.478 e. The number of aryl methyl sites for hydroxylation is 1. The molecule has 28 heavy (non-hydrogen) atoms. The number of benzene rings is 1. The fourth-order valence-electron chi connectivity index (χ4n) is 3.25. The second-order valence-electron chi connectivity index (χ2n) is 6.75. The molecule has 0 bridgehead atoms. The number of pyridine rings is 1. The van der Waals surface area contributed by atoms with Gasteiger partial charge in [0.25, 0.3) is 5.91 Å². The number of carboxylic acid groups (broad SMARTS) is 1. The van der Waals surface area contributed by atoms with E-state index in [0.29, 0.717) is 32.6 Å². The molecule has 1 N–H and O–H groups in total. The highest BCUT2D eigenvalue weighted by Gasteiger charge is 2.25. The van der Waals surface area contributed by atoms with Crippen LogP contribution in [0.1, 0.15) is 39.3 Å². The van der Waals surface area contributed by atoms with Crippen molar-refractivity contribution in [1.29, 1.82) is 0 Å². The predicted molar refractivity (Wildman–Crippen MR) is 103 cm³/mol. The Kier molecular flexibility index (Phi) is 6.37. The number of carbonyl (C=O) groups is 3. The van der Waals surface area contributed by atoms with Gasteiger partial charge in [-0.25, -0.2) is 4.79 Å². The molecule has 1 aliphatic rings. The van der Waals surface area contributed by atoms with Gasteiger partial charge in [-0.3, -0.25) is 14.6 Å². The maximum absolute atomic E-state index is 12.5. The maximum Gasteiger partial charge on any atom is 0.335 e. The Morgan fingerprint density at radius 1 is 0.964 bits per heavy atom. The predicted octanol–water partition coefficient (Wildman–Crippen LogP) is 2.09. The molecule has 2 amide bonds. The Morgan fingerprint density at radius 2 is 1.64 bits per heavy atom. The van der Waals surface area contributed by atoms with E-state index in [1.54, 1.807) is 9.80 Å². The molecule has 0 spiro atoms. The van der Waals surface area contributed by atoms with Crippen molar-refractivity contribution in [2.45, 2.75) is 19.3 Å². The number of carboxylic acids is 1. The number of hydrogen-bond donors (Lipinski definition) is 1. The molecule has 0 atom stereocenters. The molecule has 0 radical (unpaired) electrons. The summed E-state index contributed by atoms with van der Waals surface area (Å²) in [5, 5.41) is 9.04. The van der Waals surface area contributed by atoms with E-state index in [2.05, 4.69) is 17.1 Å². The number of piperazine rings is 1. The molecule has 1 aromatic carbocycles. The molecule has 7 nitrogen and oxygen atoms in total. The average molecular weight is 381 g/mol. The standard InChI is InChI=1S/C21H23N3O4/c25-19(8-4-7-16-5-2-1-3-6-16)23-11-13-24(14-12-23)20(26)18-15-17(21(27)28)9-10-22-18/h1-3,5-6,9-10,15H,4,7-8,11-14H2,(H,27,28). The van der Waals surface area contributed by atoms with E-state index in [1.165, 1.54) is 23.9 Å². The molecular weight excluding hydrogens is 358 g/mol. The van der Waals surface area contributed by atoms with Gasteiger partial charge in [-0.1, -0.05) is 30.3 Å². The molecule has 1 aliphatic heterocycles. The second-order valence-corrected chi connectivity index (χ2v) is 6.75.